The first-order chi connectivity index (χ1) is 10.2. The van der Waals surface area contributed by atoms with E-state index in [4.69, 9.17) is 9.47 Å². The predicted molar refractivity (Wildman–Crippen MR) is 78.0 cm³/mol. The number of rotatable bonds is 2. The average molecular weight is 312 g/mol. The molecule has 0 aliphatic carbocycles. The van der Waals surface area contributed by atoms with Crippen molar-refractivity contribution in [3.05, 3.63) is 0 Å². The average Bonchev–Trinajstić information content (AvgIpc) is 2.33. The molecule has 0 aromatic carbocycles. The predicted octanol–water partition coefficient (Wildman–Crippen LogP) is 0.923. The molecule has 0 aromatic heterocycles. The molecule has 22 heavy (non-hydrogen) atoms. The molecular formula is C15H24N2O5. The summed E-state index contributed by atoms with van der Waals surface area (Å²) in [4.78, 5) is 37.4. The van der Waals surface area contributed by atoms with Crippen LogP contribution >= 0.6 is 0 Å². The van der Waals surface area contributed by atoms with Crippen molar-refractivity contribution in [2.24, 2.45) is 11.3 Å². The van der Waals surface area contributed by atoms with Crippen LogP contribution in [0.25, 0.3) is 0 Å². The molecular weight excluding hydrogens is 288 g/mol. The molecule has 7 heteroatoms. The van der Waals surface area contributed by atoms with Gasteiger partial charge in [-0.15, -0.1) is 0 Å². The molecule has 2 amide bonds. The lowest BCUT2D eigenvalue weighted by Crippen LogP contribution is -2.68. The van der Waals surface area contributed by atoms with E-state index in [2.05, 4.69) is 5.32 Å². The third kappa shape index (κ3) is 3.34. The summed E-state index contributed by atoms with van der Waals surface area (Å²) in [5.41, 5.74) is -1.09. The summed E-state index contributed by atoms with van der Waals surface area (Å²) in [7, 11) is 0. The highest BCUT2D eigenvalue weighted by atomic mass is 16.6. The van der Waals surface area contributed by atoms with Gasteiger partial charge in [-0.25, -0.2) is 4.79 Å². The van der Waals surface area contributed by atoms with Gasteiger partial charge in [-0.2, -0.15) is 0 Å². The minimum atomic E-state index is -0.565. The third-order valence-corrected chi connectivity index (χ3v) is 3.99. The van der Waals surface area contributed by atoms with Crippen molar-refractivity contribution in [2.45, 2.75) is 39.7 Å². The Bertz CT molecular complexity index is 477. The fraction of sp³-hybridized carbons (Fsp3) is 0.800. The standard InChI is InChI=1S/C15H24N2O5/c1-5-21-12(19)10-7-16-11(18)6-15(10)8-17(9-15)13(20)22-14(2,3)4/h10H,5-9H2,1-4H3,(H,16,18). The van der Waals surface area contributed by atoms with Crippen LogP contribution in [-0.4, -0.2) is 54.7 Å². The zero-order chi connectivity index (χ0) is 16.5. The Labute approximate surface area is 130 Å². The van der Waals surface area contributed by atoms with Gasteiger partial charge in [0.1, 0.15) is 5.60 Å². The number of ether oxygens (including phenoxy) is 2. The van der Waals surface area contributed by atoms with Crippen molar-refractivity contribution in [3.8, 4) is 0 Å². The molecule has 2 aliphatic heterocycles. The lowest BCUT2D eigenvalue weighted by atomic mass is 9.65. The van der Waals surface area contributed by atoms with Crippen LogP contribution in [0.1, 0.15) is 34.1 Å². The quantitative estimate of drug-likeness (QED) is 0.767. The Morgan fingerprint density at radius 2 is 2.00 bits per heavy atom. The fourth-order valence-electron chi connectivity index (χ4n) is 3.02. The van der Waals surface area contributed by atoms with E-state index in [1.807, 2.05) is 0 Å². The first-order valence-electron chi connectivity index (χ1n) is 7.58. The molecule has 2 aliphatic rings. The molecule has 1 N–H and O–H groups in total. The molecule has 2 rings (SSSR count). The van der Waals surface area contributed by atoms with Gasteiger partial charge in [0, 0.05) is 31.5 Å². The molecule has 7 nitrogen and oxygen atoms in total. The number of amides is 2. The van der Waals surface area contributed by atoms with Crippen LogP contribution in [0.5, 0.6) is 0 Å². The van der Waals surface area contributed by atoms with Crippen molar-refractivity contribution >= 4 is 18.0 Å². The molecule has 1 spiro atoms. The number of hydrogen-bond acceptors (Lipinski definition) is 5. The molecule has 0 radical (unpaired) electrons. The maximum Gasteiger partial charge on any atom is 0.410 e. The molecule has 0 aromatic rings. The van der Waals surface area contributed by atoms with Crippen molar-refractivity contribution in [1.82, 2.24) is 10.2 Å². The smallest absolute Gasteiger partial charge is 0.410 e. The van der Waals surface area contributed by atoms with Gasteiger partial charge in [0.15, 0.2) is 0 Å². The third-order valence-electron chi connectivity index (χ3n) is 3.99. The molecule has 0 bridgehead atoms. The lowest BCUT2D eigenvalue weighted by Gasteiger charge is -2.54. The molecule has 1 atom stereocenters. The molecule has 124 valence electrons. The van der Waals surface area contributed by atoms with Gasteiger partial charge >= 0.3 is 12.1 Å². The summed E-state index contributed by atoms with van der Waals surface area (Å²) in [6.45, 7) is 8.41. The van der Waals surface area contributed by atoms with E-state index < -0.39 is 23.0 Å². The van der Waals surface area contributed by atoms with Gasteiger partial charge in [0.2, 0.25) is 5.91 Å². The summed E-state index contributed by atoms with van der Waals surface area (Å²) < 4.78 is 10.4. The van der Waals surface area contributed by atoms with E-state index in [9.17, 15) is 14.4 Å². The summed E-state index contributed by atoms with van der Waals surface area (Å²) in [6, 6.07) is 0. The van der Waals surface area contributed by atoms with Crippen LogP contribution in [0.2, 0.25) is 0 Å². The van der Waals surface area contributed by atoms with E-state index in [0.717, 1.165) is 0 Å². The fourth-order valence-corrected chi connectivity index (χ4v) is 3.02. The van der Waals surface area contributed by atoms with Crippen LogP contribution in [0.15, 0.2) is 0 Å². The van der Waals surface area contributed by atoms with Gasteiger partial charge in [-0.05, 0) is 27.7 Å². The summed E-state index contributed by atoms with van der Waals surface area (Å²) >= 11 is 0. The molecule has 2 fully saturated rings. The number of esters is 1. The first kappa shape index (κ1) is 16.6. The highest BCUT2D eigenvalue weighted by molar-refractivity contribution is 5.84. The first-order valence-corrected chi connectivity index (χ1v) is 7.58. The van der Waals surface area contributed by atoms with E-state index in [1.165, 1.54) is 4.90 Å². The highest BCUT2D eigenvalue weighted by Crippen LogP contribution is 2.44. The van der Waals surface area contributed by atoms with Crippen LogP contribution < -0.4 is 5.32 Å². The van der Waals surface area contributed by atoms with Gasteiger partial charge in [-0.1, -0.05) is 0 Å². The maximum atomic E-state index is 12.1. The van der Waals surface area contributed by atoms with Crippen LogP contribution in [0, 0.1) is 11.3 Å². The largest absolute Gasteiger partial charge is 0.466 e. The summed E-state index contributed by atoms with van der Waals surface area (Å²) in [6.07, 6.45) is -0.179. The van der Waals surface area contributed by atoms with Crippen molar-refractivity contribution in [2.75, 3.05) is 26.2 Å². The number of nitrogens with zero attached hydrogens (tertiary/aromatic N) is 1. The van der Waals surface area contributed by atoms with Gasteiger partial charge < -0.3 is 19.7 Å². The maximum absolute atomic E-state index is 12.1. The number of hydrogen-bond donors (Lipinski definition) is 1. The number of nitrogens with one attached hydrogen (secondary N) is 1. The Kier molecular flexibility index (Phi) is 4.35. The van der Waals surface area contributed by atoms with E-state index in [1.54, 1.807) is 27.7 Å². The normalized spacial score (nSPS) is 23.5. The van der Waals surface area contributed by atoms with Gasteiger partial charge in [-0.3, -0.25) is 9.59 Å². The zero-order valence-corrected chi connectivity index (χ0v) is 13.6. The van der Waals surface area contributed by atoms with E-state index in [0.29, 0.717) is 19.7 Å². The van der Waals surface area contributed by atoms with Crippen molar-refractivity contribution in [1.29, 1.82) is 0 Å². The molecule has 2 saturated heterocycles. The molecule has 2 heterocycles. The SMILES string of the molecule is CCOC(=O)C1CNC(=O)CC12CN(C(=O)OC(C)(C)C)C2. The Hall–Kier alpha value is -1.79. The minimum absolute atomic E-state index is 0.0932. The molecule has 0 saturated carbocycles. The van der Waals surface area contributed by atoms with E-state index in [-0.39, 0.29) is 24.8 Å². The van der Waals surface area contributed by atoms with Crippen LogP contribution in [0.3, 0.4) is 0 Å². The number of likely N-dealkylation sites (tertiary alicyclic amines) is 1. The Morgan fingerprint density at radius 3 is 2.55 bits per heavy atom. The molecule has 1 unspecified atom stereocenters. The second-order valence-corrected chi connectivity index (χ2v) is 6.98. The Morgan fingerprint density at radius 1 is 1.36 bits per heavy atom. The number of carbonyl (C=O) groups is 3. The summed E-state index contributed by atoms with van der Waals surface area (Å²) in [5, 5.41) is 2.70. The van der Waals surface area contributed by atoms with Crippen LogP contribution in [0.4, 0.5) is 4.79 Å². The van der Waals surface area contributed by atoms with Crippen molar-refractivity contribution in [3.63, 3.8) is 0 Å². The van der Waals surface area contributed by atoms with Crippen molar-refractivity contribution < 1.29 is 23.9 Å². The minimum Gasteiger partial charge on any atom is -0.466 e. The zero-order valence-electron chi connectivity index (χ0n) is 13.6. The highest BCUT2D eigenvalue weighted by Gasteiger charge is 2.57. The Balaban J connectivity index is 2.04. The topological polar surface area (TPSA) is 84.9 Å². The van der Waals surface area contributed by atoms with E-state index >= 15 is 0 Å². The second kappa shape index (κ2) is 5.78. The van der Waals surface area contributed by atoms with Crippen LogP contribution in [-0.2, 0) is 19.1 Å². The second-order valence-electron chi connectivity index (χ2n) is 6.98. The van der Waals surface area contributed by atoms with Gasteiger partial charge in [0.25, 0.3) is 0 Å². The van der Waals surface area contributed by atoms with Gasteiger partial charge in [0.05, 0.1) is 12.5 Å². The monoisotopic (exact) mass is 312 g/mol. The summed E-state index contributed by atoms with van der Waals surface area (Å²) in [5.74, 6) is -0.820. The number of piperidine rings is 1. The number of carbonyl (C=O) groups excluding carboxylic acids is 3. The lowest BCUT2D eigenvalue weighted by molar-refractivity contribution is -0.165.